The van der Waals surface area contributed by atoms with E-state index < -0.39 is 23.8 Å². The lowest BCUT2D eigenvalue weighted by Crippen LogP contribution is -2.34. The summed E-state index contributed by atoms with van der Waals surface area (Å²) in [6, 6.07) is 0. The minimum Gasteiger partial charge on any atom is -0.481 e. The summed E-state index contributed by atoms with van der Waals surface area (Å²) in [6.45, 7) is 0. The molecule has 16 heavy (non-hydrogen) atoms. The Hall–Kier alpha value is -1.72. The molecule has 1 fully saturated rings. The van der Waals surface area contributed by atoms with Gasteiger partial charge in [-0.1, -0.05) is 0 Å². The third-order valence-corrected chi connectivity index (χ3v) is 2.65. The molecule has 0 aliphatic heterocycles. The van der Waals surface area contributed by atoms with Gasteiger partial charge in [-0.2, -0.15) is 0 Å². The van der Waals surface area contributed by atoms with E-state index in [1.807, 2.05) is 0 Å². The van der Waals surface area contributed by atoms with Crippen molar-refractivity contribution in [2.24, 2.45) is 11.8 Å². The summed E-state index contributed by atoms with van der Waals surface area (Å²) < 4.78 is 0. The van der Waals surface area contributed by atoms with Crippen LogP contribution in [0.3, 0.4) is 0 Å². The molecular weight excluding hydrogens is 216 g/mol. The SMILES string of the molecule is O=C(O)CC1CC(=O)C(CC(=O)O)CC1=O. The molecule has 6 heteroatoms. The molecule has 1 saturated carbocycles. The van der Waals surface area contributed by atoms with E-state index in [0.29, 0.717) is 0 Å². The van der Waals surface area contributed by atoms with Gasteiger partial charge in [0.2, 0.25) is 0 Å². The van der Waals surface area contributed by atoms with Gasteiger partial charge in [0.15, 0.2) is 0 Å². The van der Waals surface area contributed by atoms with Crippen LogP contribution in [0.2, 0.25) is 0 Å². The second-order valence-electron chi connectivity index (χ2n) is 3.93. The van der Waals surface area contributed by atoms with Gasteiger partial charge >= 0.3 is 11.9 Å². The molecule has 1 aliphatic carbocycles. The van der Waals surface area contributed by atoms with Gasteiger partial charge < -0.3 is 10.2 Å². The quantitative estimate of drug-likeness (QED) is 0.706. The standard InChI is InChI=1S/C10H12O6/c11-7-1-5(3-9(13)14)8(12)2-6(7)4-10(15)16/h5-6H,1-4H2,(H,13,14)(H,15,16). The van der Waals surface area contributed by atoms with Crippen molar-refractivity contribution >= 4 is 23.5 Å². The van der Waals surface area contributed by atoms with Gasteiger partial charge in [0.1, 0.15) is 11.6 Å². The van der Waals surface area contributed by atoms with Gasteiger partial charge in [-0.3, -0.25) is 19.2 Å². The summed E-state index contributed by atoms with van der Waals surface area (Å²) in [5.74, 6) is -4.46. The molecule has 1 aliphatic rings. The van der Waals surface area contributed by atoms with Crippen LogP contribution in [0.25, 0.3) is 0 Å². The Morgan fingerprint density at radius 3 is 1.50 bits per heavy atom. The number of ketones is 2. The first-order valence-corrected chi connectivity index (χ1v) is 4.89. The third-order valence-electron chi connectivity index (χ3n) is 2.65. The number of rotatable bonds is 4. The molecule has 0 aromatic rings. The number of carbonyl (C=O) groups excluding carboxylic acids is 2. The Bertz CT molecular complexity index is 311. The van der Waals surface area contributed by atoms with Crippen LogP contribution < -0.4 is 0 Å². The first kappa shape index (κ1) is 12.4. The lowest BCUT2D eigenvalue weighted by Gasteiger charge is -2.24. The fraction of sp³-hybridized carbons (Fsp3) is 0.600. The van der Waals surface area contributed by atoms with Crippen LogP contribution >= 0.6 is 0 Å². The molecule has 2 unspecified atom stereocenters. The average Bonchev–Trinajstić information content (AvgIpc) is 2.11. The Labute approximate surface area is 91.3 Å². The molecule has 2 N–H and O–H groups in total. The molecule has 0 heterocycles. The number of carboxylic acid groups (broad SMARTS) is 2. The highest BCUT2D eigenvalue weighted by molar-refractivity contribution is 5.98. The van der Waals surface area contributed by atoms with Crippen molar-refractivity contribution in [1.82, 2.24) is 0 Å². The Balaban J connectivity index is 2.63. The molecule has 0 amide bonds. The van der Waals surface area contributed by atoms with E-state index in [2.05, 4.69) is 0 Å². The zero-order valence-corrected chi connectivity index (χ0v) is 8.51. The molecular formula is C10H12O6. The molecule has 0 aromatic carbocycles. The van der Waals surface area contributed by atoms with E-state index in [-0.39, 0.29) is 37.2 Å². The second kappa shape index (κ2) is 4.87. The molecule has 0 radical (unpaired) electrons. The van der Waals surface area contributed by atoms with E-state index in [1.165, 1.54) is 0 Å². The van der Waals surface area contributed by atoms with Gasteiger partial charge in [-0.05, 0) is 0 Å². The van der Waals surface area contributed by atoms with Crippen molar-refractivity contribution in [2.75, 3.05) is 0 Å². The summed E-state index contributed by atoms with van der Waals surface area (Å²) in [5.41, 5.74) is 0. The maximum atomic E-state index is 11.5. The predicted octanol–water partition coefficient (Wildman–Crippen LogP) is 0.100. The summed E-state index contributed by atoms with van der Waals surface area (Å²) in [6.07, 6.45) is -1.01. The number of hydrogen-bond acceptors (Lipinski definition) is 4. The molecule has 1 rings (SSSR count). The molecule has 0 saturated heterocycles. The van der Waals surface area contributed by atoms with Crippen molar-refractivity contribution in [2.45, 2.75) is 25.7 Å². The van der Waals surface area contributed by atoms with Crippen molar-refractivity contribution < 1.29 is 29.4 Å². The van der Waals surface area contributed by atoms with Crippen molar-refractivity contribution in [1.29, 1.82) is 0 Å². The van der Waals surface area contributed by atoms with Crippen LogP contribution in [0.15, 0.2) is 0 Å². The lowest BCUT2D eigenvalue weighted by molar-refractivity contribution is -0.147. The molecule has 0 spiro atoms. The lowest BCUT2D eigenvalue weighted by atomic mass is 9.77. The third kappa shape index (κ3) is 3.15. The maximum Gasteiger partial charge on any atom is 0.304 e. The van der Waals surface area contributed by atoms with Crippen LogP contribution in [-0.4, -0.2) is 33.7 Å². The topological polar surface area (TPSA) is 109 Å². The van der Waals surface area contributed by atoms with Crippen LogP contribution in [0.5, 0.6) is 0 Å². The van der Waals surface area contributed by atoms with Crippen molar-refractivity contribution in [3.05, 3.63) is 0 Å². The minimum atomic E-state index is -1.12. The van der Waals surface area contributed by atoms with Gasteiger partial charge in [0.25, 0.3) is 0 Å². The van der Waals surface area contributed by atoms with Gasteiger partial charge in [0, 0.05) is 24.7 Å². The van der Waals surface area contributed by atoms with Crippen LogP contribution in [0.4, 0.5) is 0 Å². The fourth-order valence-corrected chi connectivity index (χ4v) is 1.84. The molecule has 6 nitrogen and oxygen atoms in total. The molecule has 88 valence electrons. The van der Waals surface area contributed by atoms with Crippen LogP contribution in [0.1, 0.15) is 25.7 Å². The number of carboxylic acids is 2. The number of aliphatic carboxylic acids is 2. The summed E-state index contributed by atoms with van der Waals surface area (Å²) in [5, 5.41) is 17.0. The monoisotopic (exact) mass is 228 g/mol. The average molecular weight is 228 g/mol. The first-order valence-electron chi connectivity index (χ1n) is 4.89. The minimum absolute atomic E-state index is 0.150. The largest absolute Gasteiger partial charge is 0.481 e. The highest BCUT2D eigenvalue weighted by Gasteiger charge is 2.36. The summed E-state index contributed by atoms with van der Waals surface area (Å²) in [4.78, 5) is 43.8. The normalized spacial score (nSPS) is 25.5. The van der Waals surface area contributed by atoms with Gasteiger partial charge in [0.05, 0.1) is 12.8 Å². The van der Waals surface area contributed by atoms with Crippen molar-refractivity contribution in [3.63, 3.8) is 0 Å². The first-order chi connectivity index (χ1) is 7.40. The van der Waals surface area contributed by atoms with E-state index >= 15 is 0 Å². The predicted molar refractivity (Wildman–Crippen MR) is 50.7 cm³/mol. The van der Waals surface area contributed by atoms with E-state index in [4.69, 9.17) is 10.2 Å². The Morgan fingerprint density at radius 1 is 0.938 bits per heavy atom. The van der Waals surface area contributed by atoms with Crippen LogP contribution in [-0.2, 0) is 19.2 Å². The van der Waals surface area contributed by atoms with Crippen LogP contribution in [0, 0.1) is 11.8 Å². The Kier molecular flexibility index (Phi) is 3.76. The van der Waals surface area contributed by atoms with E-state index in [9.17, 15) is 19.2 Å². The number of carbonyl (C=O) groups is 4. The highest BCUT2D eigenvalue weighted by Crippen LogP contribution is 2.27. The summed E-state index contributed by atoms with van der Waals surface area (Å²) in [7, 11) is 0. The molecule has 2 atom stereocenters. The summed E-state index contributed by atoms with van der Waals surface area (Å²) >= 11 is 0. The Morgan fingerprint density at radius 2 is 1.25 bits per heavy atom. The van der Waals surface area contributed by atoms with E-state index in [1.54, 1.807) is 0 Å². The van der Waals surface area contributed by atoms with Gasteiger partial charge in [-0.25, -0.2) is 0 Å². The maximum absolute atomic E-state index is 11.5. The fourth-order valence-electron chi connectivity index (χ4n) is 1.84. The molecule has 0 bridgehead atoms. The van der Waals surface area contributed by atoms with Crippen molar-refractivity contribution in [3.8, 4) is 0 Å². The highest BCUT2D eigenvalue weighted by atomic mass is 16.4. The number of hydrogen-bond donors (Lipinski definition) is 2. The second-order valence-corrected chi connectivity index (χ2v) is 3.93. The number of Topliss-reactive ketones (excluding diaryl/α,β-unsaturated/α-hetero) is 2. The van der Waals surface area contributed by atoms with Gasteiger partial charge in [-0.15, -0.1) is 0 Å². The van der Waals surface area contributed by atoms with E-state index in [0.717, 1.165) is 0 Å². The smallest absolute Gasteiger partial charge is 0.304 e. The zero-order chi connectivity index (χ0) is 12.3. The zero-order valence-electron chi connectivity index (χ0n) is 8.51. The molecule has 0 aromatic heterocycles.